The second-order valence-corrected chi connectivity index (χ2v) is 17.6. The van der Waals surface area contributed by atoms with Crippen LogP contribution in [0.15, 0.2) is 267 Å². The van der Waals surface area contributed by atoms with Gasteiger partial charge in [0.05, 0.1) is 0 Å². The molecule has 6 heteroatoms. The monoisotopic (exact) mass is 920 g/mol. The summed E-state index contributed by atoms with van der Waals surface area (Å²) in [5.41, 5.74) is 16.3. The van der Waals surface area contributed by atoms with E-state index in [0.717, 1.165) is 89.0 Å². The lowest BCUT2D eigenvalue weighted by atomic mass is 10.00. The van der Waals surface area contributed by atoms with E-state index in [-0.39, 0.29) is 0 Å². The first-order chi connectivity index (χ1) is 35.6. The van der Waals surface area contributed by atoms with Crippen LogP contribution in [-0.2, 0) is 0 Å². The van der Waals surface area contributed by atoms with Gasteiger partial charge < -0.3 is 0 Å². The lowest BCUT2D eigenvalue weighted by Gasteiger charge is -2.12. The van der Waals surface area contributed by atoms with Crippen LogP contribution in [0.5, 0.6) is 0 Å². The molecule has 0 spiro atoms. The fourth-order valence-electron chi connectivity index (χ4n) is 9.02. The molecule has 72 heavy (non-hydrogen) atoms. The molecule has 12 aromatic rings. The third-order valence-corrected chi connectivity index (χ3v) is 12.8. The third kappa shape index (κ3) is 9.36. The van der Waals surface area contributed by atoms with E-state index in [9.17, 15) is 0 Å². The van der Waals surface area contributed by atoms with Crippen LogP contribution in [0, 0.1) is 0 Å². The first-order valence-electron chi connectivity index (χ1n) is 24.0. The van der Waals surface area contributed by atoms with Crippen LogP contribution in [0.25, 0.3) is 124 Å². The van der Waals surface area contributed by atoms with E-state index >= 15 is 0 Å². The number of nitrogens with zero attached hydrogens (tertiary/aromatic N) is 6. The molecule has 0 aliphatic heterocycles. The molecule has 0 saturated carbocycles. The molecule has 0 N–H and O–H groups in total. The van der Waals surface area contributed by atoms with Gasteiger partial charge >= 0.3 is 0 Å². The lowest BCUT2D eigenvalue weighted by molar-refractivity contribution is 1.07. The Morgan fingerprint density at radius 3 is 0.556 bits per heavy atom. The minimum Gasteiger partial charge on any atom is -0.208 e. The van der Waals surface area contributed by atoms with Crippen molar-refractivity contribution in [2.75, 3.05) is 0 Å². The summed E-state index contributed by atoms with van der Waals surface area (Å²) in [7, 11) is 0. The molecular weight excluding hydrogens is 877 g/mol. The van der Waals surface area contributed by atoms with Crippen molar-refractivity contribution in [2.45, 2.75) is 0 Å². The van der Waals surface area contributed by atoms with Crippen LogP contribution in [-0.4, -0.2) is 29.9 Å². The summed E-state index contributed by atoms with van der Waals surface area (Å²) in [4.78, 5) is 30.9. The SMILES string of the molecule is c1ccc(-c2ccc(-c3nc(-c4cccc(-c5ccccc5)c4)nc(-c4cccc(-c5cccc(-c6nc(-c7ccc(-c8ccccc8)cc7)nc(-c7cccc(-c8ccccc8)c7)n6)c5)c4)n3)cc2)cc1. The Morgan fingerprint density at radius 1 is 0.125 bits per heavy atom. The number of hydrogen-bond acceptors (Lipinski definition) is 6. The average molecular weight is 921 g/mol. The summed E-state index contributed by atoms with van der Waals surface area (Å²) in [6, 6.07) is 91.9. The van der Waals surface area contributed by atoms with Crippen molar-refractivity contribution < 1.29 is 0 Å². The van der Waals surface area contributed by atoms with Gasteiger partial charge in [-0.15, -0.1) is 0 Å². The van der Waals surface area contributed by atoms with Gasteiger partial charge in [-0.05, 0) is 79.9 Å². The predicted molar refractivity (Wildman–Crippen MR) is 293 cm³/mol. The Balaban J connectivity index is 0.932. The van der Waals surface area contributed by atoms with Crippen molar-refractivity contribution >= 4 is 0 Å². The largest absolute Gasteiger partial charge is 0.208 e. The molecule has 0 radical (unpaired) electrons. The maximum Gasteiger partial charge on any atom is 0.164 e. The molecule has 0 saturated heterocycles. The molecule has 338 valence electrons. The molecule has 0 amide bonds. The van der Waals surface area contributed by atoms with E-state index in [1.54, 1.807) is 0 Å². The highest BCUT2D eigenvalue weighted by Crippen LogP contribution is 2.34. The highest BCUT2D eigenvalue weighted by molar-refractivity contribution is 5.79. The van der Waals surface area contributed by atoms with Gasteiger partial charge in [0.15, 0.2) is 34.9 Å². The van der Waals surface area contributed by atoms with Crippen molar-refractivity contribution in [3.05, 3.63) is 267 Å². The van der Waals surface area contributed by atoms with Crippen LogP contribution in [0.4, 0.5) is 0 Å². The number of aromatic nitrogens is 6. The normalized spacial score (nSPS) is 11.1. The van der Waals surface area contributed by atoms with Gasteiger partial charge in [0.1, 0.15) is 0 Å². The summed E-state index contributed by atoms with van der Waals surface area (Å²) in [5.74, 6) is 3.53. The first kappa shape index (κ1) is 43.5. The van der Waals surface area contributed by atoms with E-state index in [0.29, 0.717) is 34.9 Å². The Kier molecular flexibility index (Phi) is 11.9. The van der Waals surface area contributed by atoms with Gasteiger partial charge in [-0.3, -0.25) is 0 Å². The van der Waals surface area contributed by atoms with Crippen LogP contribution in [0.3, 0.4) is 0 Å². The number of hydrogen-bond donors (Lipinski definition) is 0. The maximum atomic E-state index is 5.18. The minimum atomic E-state index is 0.577. The molecule has 0 atom stereocenters. The summed E-state index contributed by atoms with van der Waals surface area (Å²) >= 11 is 0. The van der Waals surface area contributed by atoms with Gasteiger partial charge in [0.2, 0.25) is 0 Å². The van der Waals surface area contributed by atoms with Crippen molar-refractivity contribution in [1.29, 1.82) is 0 Å². The second kappa shape index (κ2) is 19.7. The molecule has 12 rings (SSSR count). The highest BCUT2D eigenvalue weighted by atomic mass is 15.0. The van der Waals surface area contributed by atoms with Gasteiger partial charge in [-0.1, -0.05) is 243 Å². The van der Waals surface area contributed by atoms with E-state index in [4.69, 9.17) is 29.9 Å². The standard InChI is InChI=1S/C66H44N6/c1-5-17-45(18-6-1)49-33-37-51(38-34-49)61-67-63(57-29-13-25-53(41-57)47-21-9-3-10-22-47)71-65(69-61)59-31-15-27-55(43-59)56-28-16-32-60(44-56)66-70-62(52-39-35-50(36-40-52)46-19-7-2-8-20-46)68-64(72-66)58-30-14-26-54(42-58)48-23-11-4-12-24-48/h1-44H. The van der Waals surface area contributed by atoms with E-state index in [2.05, 4.69) is 243 Å². The molecule has 10 aromatic carbocycles. The van der Waals surface area contributed by atoms with Crippen LogP contribution >= 0.6 is 0 Å². The summed E-state index contributed by atoms with van der Waals surface area (Å²) in [5, 5.41) is 0. The summed E-state index contributed by atoms with van der Waals surface area (Å²) in [6.07, 6.45) is 0. The van der Waals surface area contributed by atoms with Crippen molar-refractivity contribution in [3.63, 3.8) is 0 Å². The minimum absolute atomic E-state index is 0.577. The molecule has 0 aliphatic rings. The zero-order chi connectivity index (χ0) is 48.1. The number of benzene rings is 10. The van der Waals surface area contributed by atoms with Gasteiger partial charge in [-0.2, -0.15) is 0 Å². The third-order valence-electron chi connectivity index (χ3n) is 12.8. The highest BCUT2D eigenvalue weighted by Gasteiger charge is 2.17. The smallest absolute Gasteiger partial charge is 0.164 e. The Bertz CT molecular complexity index is 3570. The molecule has 0 bridgehead atoms. The van der Waals surface area contributed by atoms with Crippen molar-refractivity contribution in [1.82, 2.24) is 29.9 Å². The molecule has 0 aliphatic carbocycles. The van der Waals surface area contributed by atoms with Crippen LogP contribution in [0.1, 0.15) is 0 Å². The predicted octanol–water partition coefficient (Wildman–Crippen LogP) is 16.4. The fraction of sp³-hybridized carbons (Fsp3) is 0. The molecule has 0 unspecified atom stereocenters. The van der Waals surface area contributed by atoms with Gasteiger partial charge in [-0.25, -0.2) is 29.9 Å². The van der Waals surface area contributed by atoms with Crippen LogP contribution < -0.4 is 0 Å². The Hall–Kier alpha value is -9.78. The average Bonchev–Trinajstić information content (AvgIpc) is 3.48. The van der Waals surface area contributed by atoms with E-state index in [1.807, 2.05) is 24.3 Å². The molecule has 2 aromatic heterocycles. The molecular formula is C66H44N6. The molecule has 0 fully saturated rings. The van der Waals surface area contributed by atoms with Crippen LogP contribution in [0.2, 0.25) is 0 Å². The van der Waals surface area contributed by atoms with Gasteiger partial charge in [0, 0.05) is 33.4 Å². The fourth-order valence-corrected chi connectivity index (χ4v) is 9.02. The van der Waals surface area contributed by atoms with E-state index in [1.165, 1.54) is 0 Å². The van der Waals surface area contributed by atoms with Crippen molar-refractivity contribution in [2.24, 2.45) is 0 Å². The van der Waals surface area contributed by atoms with Gasteiger partial charge in [0.25, 0.3) is 0 Å². The zero-order valence-electron chi connectivity index (χ0n) is 39.1. The topological polar surface area (TPSA) is 77.3 Å². The van der Waals surface area contributed by atoms with E-state index < -0.39 is 0 Å². The first-order valence-corrected chi connectivity index (χ1v) is 24.0. The lowest BCUT2D eigenvalue weighted by Crippen LogP contribution is -2.01. The Labute approximate surface area is 418 Å². The summed E-state index contributed by atoms with van der Waals surface area (Å²) in [6.45, 7) is 0. The number of rotatable bonds is 11. The van der Waals surface area contributed by atoms with Crippen molar-refractivity contribution in [3.8, 4) is 124 Å². The molecule has 2 heterocycles. The Morgan fingerprint density at radius 2 is 0.292 bits per heavy atom. The maximum absolute atomic E-state index is 5.18. The zero-order valence-corrected chi connectivity index (χ0v) is 39.1. The summed E-state index contributed by atoms with van der Waals surface area (Å²) < 4.78 is 0. The second-order valence-electron chi connectivity index (χ2n) is 17.6. The quantitative estimate of drug-likeness (QED) is 0.129. The molecule has 6 nitrogen and oxygen atoms in total.